The van der Waals surface area contributed by atoms with Gasteiger partial charge < -0.3 is 15.2 Å². The van der Waals surface area contributed by atoms with Gasteiger partial charge in [0.1, 0.15) is 11.5 Å². The minimum Gasteiger partial charge on any atom is -0.506 e. The van der Waals surface area contributed by atoms with Crippen molar-refractivity contribution in [1.29, 1.82) is 0 Å². The summed E-state index contributed by atoms with van der Waals surface area (Å²) in [6, 6.07) is 12.0. The molecule has 0 bridgehead atoms. The maximum Gasteiger partial charge on any atom is 0.265 e. The van der Waals surface area contributed by atoms with E-state index >= 15 is 0 Å². The van der Waals surface area contributed by atoms with Gasteiger partial charge in [0.25, 0.3) is 5.91 Å². The molecule has 1 amide bonds. The molecule has 0 saturated carbocycles. The fourth-order valence-electron chi connectivity index (χ4n) is 1.63. The summed E-state index contributed by atoms with van der Waals surface area (Å²) in [4.78, 5) is 12.1. The molecule has 0 spiro atoms. The van der Waals surface area contributed by atoms with Crippen LogP contribution in [0.25, 0.3) is 0 Å². The number of hydrogen-bond acceptors (Lipinski definition) is 3. The lowest BCUT2D eigenvalue weighted by atomic mass is 10.2. The van der Waals surface area contributed by atoms with Crippen molar-refractivity contribution in [1.82, 2.24) is 0 Å². The first-order valence-electron chi connectivity index (χ1n) is 6.18. The smallest absolute Gasteiger partial charge is 0.265 e. The number of carbonyl (C=O) groups is 1. The molecule has 4 nitrogen and oxygen atoms in total. The number of aromatic hydroxyl groups is 1. The Bertz CT molecular complexity index is 661. The Morgan fingerprint density at radius 3 is 2.62 bits per heavy atom. The molecular formula is C15H13Br2NO3. The number of hydrogen-bond donors (Lipinski definition) is 2. The molecule has 0 aliphatic rings. The van der Waals surface area contributed by atoms with E-state index in [2.05, 4.69) is 37.2 Å². The SMILES string of the molecule is CC(Oc1ccc(Br)cc1Br)C(=O)Nc1ccccc1O. The normalized spacial score (nSPS) is 11.8. The summed E-state index contributed by atoms with van der Waals surface area (Å²) in [6.07, 6.45) is -0.706. The van der Waals surface area contributed by atoms with Crippen molar-refractivity contribution in [2.75, 3.05) is 5.32 Å². The Hall–Kier alpha value is -1.53. The van der Waals surface area contributed by atoms with Crippen molar-refractivity contribution in [2.24, 2.45) is 0 Å². The van der Waals surface area contributed by atoms with Crippen LogP contribution in [0.3, 0.4) is 0 Å². The molecule has 0 heterocycles. The molecule has 110 valence electrons. The Balaban J connectivity index is 2.04. The van der Waals surface area contributed by atoms with E-state index in [0.29, 0.717) is 11.4 Å². The highest BCUT2D eigenvalue weighted by Gasteiger charge is 2.17. The highest BCUT2D eigenvalue weighted by Crippen LogP contribution is 2.29. The molecule has 0 aliphatic carbocycles. The van der Waals surface area contributed by atoms with Gasteiger partial charge in [0.2, 0.25) is 0 Å². The molecule has 2 N–H and O–H groups in total. The van der Waals surface area contributed by atoms with E-state index in [1.807, 2.05) is 12.1 Å². The van der Waals surface area contributed by atoms with Gasteiger partial charge in [0.15, 0.2) is 6.10 Å². The predicted octanol–water partition coefficient (Wildman–Crippen LogP) is 4.32. The Morgan fingerprint density at radius 2 is 1.95 bits per heavy atom. The van der Waals surface area contributed by atoms with Gasteiger partial charge in [-0.15, -0.1) is 0 Å². The van der Waals surface area contributed by atoms with Crippen LogP contribution >= 0.6 is 31.9 Å². The van der Waals surface area contributed by atoms with Crippen LogP contribution in [0, 0.1) is 0 Å². The van der Waals surface area contributed by atoms with E-state index in [1.165, 1.54) is 6.07 Å². The van der Waals surface area contributed by atoms with Crippen molar-refractivity contribution >= 4 is 43.5 Å². The summed E-state index contributed by atoms with van der Waals surface area (Å²) < 4.78 is 7.27. The fourth-order valence-corrected chi connectivity index (χ4v) is 2.77. The molecule has 0 saturated heterocycles. The lowest BCUT2D eigenvalue weighted by Gasteiger charge is -2.16. The zero-order valence-corrected chi connectivity index (χ0v) is 14.3. The third-order valence-electron chi connectivity index (χ3n) is 2.73. The van der Waals surface area contributed by atoms with E-state index < -0.39 is 6.10 Å². The average molecular weight is 415 g/mol. The number of amides is 1. The molecule has 2 aromatic carbocycles. The monoisotopic (exact) mass is 413 g/mol. The number of rotatable bonds is 4. The summed E-state index contributed by atoms with van der Waals surface area (Å²) in [6.45, 7) is 1.64. The summed E-state index contributed by atoms with van der Waals surface area (Å²) in [5, 5.41) is 12.3. The lowest BCUT2D eigenvalue weighted by molar-refractivity contribution is -0.122. The number of phenolic OH excluding ortho intramolecular Hbond substituents is 1. The van der Waals surface area contributed by atoms with Crippen molar-refractivity contribution < 1.29 is 14.6 Å². The van der Waals surface area contributed by atoms with E-state index in [1.54, 1.807) is 31.2 Å². The second-order valence-corrected chi connectivity index (χ2v) is 6.11. The van der Waals surface area contributed by atoms with Crippen LogP contribution in [0.2, 0.25) is 0 Å². The van der Waals surface area contributed by atoms with Gasteiger partial charge in [-0.2, -0.15) is 0 Å². The van der Waals surface area contributed by atoms with Crippen LogP contribution in [-0.2, 0) is 4.79 Å². The van der Waals surface area contributed by atoms with Crippen LogP contribution in [0.4, 0.5) is 5.69 Å². The average Bonchev–Trinajstić information content (AvgIpc) is 2.44. The first-order chi connectivity index (χ1) is 9.97. The number of anilines is 1. The van der Waals surface area contributed by atoms with Gasteiger partial charge >= 0.3 is 0 Å². The Labute approximate surface area is 139 Å². The largest absolute Gasteiger partial charge is 0.506 e. The molecule has 1 atom stereocenters. The van der Waals surface area contributed by atoms with Crippen LogP contribution in [-0.4, -0.2) is 17.1 Å². The topological polar surface area (TPSA) is 58.6 Å². The van der Waals surface area contributed by atoms with Gasteiger partial charge in [-0.05, 0) is 53.2 Å². The summed E-state index contributed by atoms with van der Waals surface area (Å²) in [5.41, 5.74) is 0.354. The standard InChI is InChI=1S/C15H13Br2NO3/c1-9(21-14-7-6-10(16)8-11(14)17)15(20)18-12-4-2-3-5-13(12)19/h2-9,19H,1H3,(H,18,20). The van der Waals surface area contributed by atoms with E-state index in [0.717, 1.165) is 8.95 Å². The zero-order valence-electron chi connectivity index (χ0n) is 11.1. The number of benzene rings is 2. The van der Waals surface area contributed by atoms with Gasteiger partial charge in [-0.25, -0.2) is 0 Å². The maximum absolute atomic E-state index is 12.1. The van der Waals surface area contributed by atoms with Crippen LogP contribution in [0.1, 0.15) is 6.92 Å². The van der Waals surface area contributed by atoms with Gasteiger partial charge in [-0.3, -0.25) is 4.79 Å². The Morgan fingerprint density at radius 1 is 1.24 bits per heavy atom. The first-order valence-corrected chi connectivity index (χ1v) is 7.76. The minimum atomic E-state index is -0.706. The number of phenols is 1. The Kier molecular flexibility index (Phi) is 5.25. The van der Waals surface area contributed by atoms with Crippen LogP contribution in [0.5, 0.6) is 11.5 Å². The van der Waals surface area contributed by atoms with Crippen LogP contribution in [0.15, 0.2) is 51.4 Å². The van der Waals surface area contributed by atoms with Gasteiger partial charge in [0, 0.05) is 4.47 Å². The molecule has 0 radical (unpaired) electrons. The van der Waals surface area contributed by atoms with E-state index in [9.17, 15) is 9.90 Å². The maximum atomic E-state index is 12.1. The van der Waals surface area contributed by atoms with Gasteiger partial charge in [0.05, 0.1) is 10.2 Å². The molecule has 2 aromatic rings. The van der Waals surface area contributed by atoms with Crippen molar-refractivity contribution in [3.63, 3.8) is 0 Å². The molecule has 0 aromatic heterocycles. The van der Waals surface area contributed by atoms with E-state index in [4.69, 9.17) is 4.74 Å². The third-order valence-corrected chi connectivity index (χ3v) is 3.84. The van der Waals surface area contributed by atoms with Crippen molar-refractivity contribution in [2.45, 2.75) is 13.0 Å². The molecular weight excluding hydrogens is 402 g/mol. The molecule has 0 aliphatic heterocycles. The highest BCUT2D eigenvalue weighted by atomic mass is 79.9. The molecule has 21 heavy (non-hydrogen) atoms. The quantitative estimate of drug-likeness (QED) is 0.732. The van der Waals surface area contributed by atoms with Crippen molar-refractivity contribution in [3.8, 4) is 11.5 Å². The highest BCUT2D eigenvalue weighted by molar-refractivity contribution is 9.11. The fraction of sp³-hybridized carbons (Fsp3) is 0.133. The number of carbonyl (C=O) groups excluding carboxylic acids is 1. The first kappa shape index (κ1) is 15.9. The van der Waals surface area contributed by atoms with Gasteiger partial charge in [-0.1, -0.05) is 28.1 Å². The van der Waals surface area contributed by atoms with E-state index in [-0.39, 0.29) is 11.7 Å². The summed E-state index contributed by atoms with van der Waals surface area (Å²) >= 11 is 6.73. The molecule has 0 fully saturated rings. The number of nitrogens with one attached hydrogen (secondary N) is 1. The van der Waals surface area contributed by atoms with Crippen LogP contribution < -0.4 is 10.1 Å². The molecule has 2 rings (SSSR count). The number of para-hydroxylation sites is 2. The number of halogens is 2. The van der Waals surface area contributed by atoms with Crippen molar-refractivity contribution in [3.05, 3.63) is 51.4 Å². The molecule has 1 unspecified atom stereocenters. The summed E-state index contributed by atoms with van der Waals surface area (Å²) in [5.74, 6) is 0.243. The number of ether oxygens (including phenoxy) is 1. The third kappa shape index (κ3) is 4.22. The second-order valence-electron chi connectivity index (χ2n) is 4.34. The lowest BCUT2D eigenvalue weighted by Crippen LogP contribution is -2.30. The predicted molar refractivity (Wildman–Crippen MR) is 88.7 cm³/mol. The molecule has 6 heteroatoms. The zero-order chi connectivity index (χ0) is 15.4. The summed E-state index contributed by atoms with van der Waals surface area (Å²) in [7, 11) is 0. The minimum absolute atomic E-state index is 0.0165. The second kappa shape index (κ2) is 6.95.